The van der Waals surface area contributed by atoms with E-state index in [1.807, 2.05) is 36.6 Å². The molecule has 0 aliphatic heterocycles. The summed E-state index contributed by atoms with van der Waals surface area (Å²) >= 11 is 0. The van der Waals surface area contributed by atoms with E-state index in [1.165, 1.54) is 6.42 Å². The highest BCUT2D eigenvalue weighted by Gasteiger charge is 2.24. The summed E-state index contributed by atoms with van der Waals surface area (Å²) in [7, 11) is 0. The smallest absolute Gasteiger partial charge is 0.329 e. The standard InChI is InChI=1S/C20H25NO4/c1-3-24-17-9-10-19-18(11-17)15(13-22)12-21(19)14(2)20(23)25-16-7-5-4-6-8-16/h9-14,16H,3-8H2,1-2H3. The molecule has 1 aliphatic carbocycles. The molecule has 1 aliphatic rings. The Morgan fingerprint density at radius 3 is 2.76 bits per heavy atom. The molecule has 3 rings (SSSR count). The summed E-state index contributed by atoms with van der Waals surface area (Å²) in [6.07, 6.45) is 7.91. The topological polar surface area (TPSA) is 57.5 Å². The number of ether oxygens (including phenoxy) is 2. The van der Waals surface area contributed by atoms with Crippen LogP contribution < -0.4 is 4.74 Å². The molecule has 0 bridgehead atoms. The minimum atomic E-state index is -0.476. The molecule has 0 saturated heterocycles. The maximum absolute atomic E-state index is 12.6. The summed E-state index contributed by atoms with van der Waals surface area (Å²) < 4.78 is 13.0. The van der Waals surface area contributed by atoms with Crippen molar-refractivity contribution in [1.29, 1.82) is 0 Å². The van der Waals surface area contributed by atoms with E-state index < -0.39 is 6.04 Å². The lowest BCUT2D eigenvalue weighted by atomic mass is 9.98. The third-order valence-electron chi connectivity index (χ3n) is 4.87. The highest BCUT2D eigenvalue weighted by Crippen LogP contribution is 2.29. The Bertz CT molecular complexity index is 758. The minimum absolute atomic E-state index is 0.0284. The average molecular weight is 343 g/mol. The maximum atomic E-state index is 12.6. The Morgan fingerprint density at radius 1 is 1.32 bits per heavy atom. The van der Waals surface area contributed by atoms with Crippen molar-refractivity contribution >= 4 is 23.2 Å². The number of nitrogens with zero attached hydrogens (tertiary/aromatic N) is 1. The SMILES string of the molecule is CCOc1ccc2c(c1)c(C=O)cn2C(C)C(=O)OC1CCCCC1. The molecule has 0 amide bonds. The third-order valence-corrected chi connectivity index (χ3v) is 4.87. The van der Waals surface area contributed by atoms with Crippen molar-refractivity contribution in [2.75, 3.05) is 6.61 Å². The largest absolute Gasteiger partial charge is 0.494 e. The number of carbonyl (C=O) groups is 2. The summed E-state index contributed by atoms with van der Waals surface area (Å²) in [5.74, 6) is 0.475. The summed E-state index contributed by atoms with van der Waals surface area (Å²) in [6.45, 7) is 4.29. The first kappa shape index (κ1) is 17.5. The van der Waals surface area contributed by atoms with Crippen LogP contribution in [0.1, 0.15) is 62.4 Å². The minimum Gasteiger partial charge on any atom is -0.494 e. The molecule has 2 aromatic rings. The second-order valence-corrected chi connectivity index (χ2v) is 6.59. The van der Waals surface area contributed by atoms with Gasteiger partial charge in [0.1, 0.15) is 17.9 Å². The summed E-state index contributed by atoms with van der Waals surface area (Å²) in [6, 6.07) is 5.11. The molecule has 0 N–H and O–H groups in total. The van der Waals surface area contributed by atoms with Crippen LogP contribution in [-0.2, 0) is 9.53 Å². The van der Waals surface area contributed by atoms with Crippen LogP contribution in [0.3, 0.4) is 0 Å². The van der Waals surface area contributed by atoms with Gasteiger partial charge in [0.15, 0.2) is 6.29 Å². The molecule has 1 aromatic heterocycles. The fraction of sp³-hybridized carbons (Fsp3) is 0.500. The zero-order chi connectivity index (χ0) is 17.8. The first-order chi connectivity index (χ1) is 12.1. The van der Waals surface area contributed by atoms with Crippen LogP contribution in [0.4, 0.5) is 0 Å². The van der Waals surface area contributed by atoms with Crippen molar-refractivity contribution in [3.63, 3.8) is 0 Å². The van der Waals surface area contributed by atoms with Gasteiger partial charge in [-0.3, -0.25) is 4.79 Å². The number of aromatic nitrogens is 1. The van der Waals surface area contributed by atoms with Crippen LogP contribution in [0.15, 0.2) is 24.4 Å². The number of carbonyl (C=O) groups excluding carboxylic acids is 2. The van der Waals surface area contributed by atoms with Gasteiger partial charge in [0.25, 0.3) is 0 Å². The molecule has 1 aromatic carbocycles. The van der Waals surface area contributed by atoms with Crippen LogP contribution >= 0.6 is 0 Å². The first-order valence-corrected chi connectivity index (χ1v) is 9.07. The fourth-order valence-electron chi connectivity index (χ4n) is 3.49. The number of hydrogen-bond donors (Lipinski definition) is 0. The highest BCUT2D eigenvalue weighted by atomic mass is 16.5. The second-order valence-electron chi connectivity index (χ2n) is 6.59. The number of aldehydes is 1. The number of fused-ring (bicyclic) bond motifs is 1. The molecule has 25 heavy (non-hydrogen) atoms. The molecule has 1 fully saturated rings. The number of hydrogen-bond acceptors (Lipinski definition) is 4. The Labute approximate surface area is 147 Å². The number of esters is 1. The average Bonchev–Trinajstić information content (AvgIpc) is 3.00. The molecule has 0 radical (unpaired) electrons. The van der Waals surface area contributed by atoms with Crippen LogP contribution in [0, 0.1) is 0 Å². The predicted octanol–water partition coefficient (Wildman–Crippen LogP) is 4.29. The predicted molar refractivity (Wildman–Crippen MR) is 96.2 cm³/mol. The van der Waals surface area contributed by atoms with E-state index in [4.69, 9.17) is 9.47 Å². The van der Waals surface area contributed by atoms with E-state index >= 15 is 0 Å². The van der Waals surface area contributed by atoms with Crippen molar-refractivity contribution in [2.45, 2.75) is 58.1 Å². The van der Waals surface area contributed by atoms with Crippen molar-refractivity contribution in [3.8, 4) is 5.75 Å². The Balaban J connectivity index is 1.86. The maximum Gasteiger partial charge on any atom is 0.329 e. The third kappa shape index (κ3) is 3.70. The van der Waals surface area contributed by atoms with E-state index in [0.29, 0.717) is 17.9 Å². The quantitative estimate of drug-likeness (QED) is 0.580. The molecule has 1 saturated carbocycles. The fourth-order valence-corrected chi connectivity index (χ4v) is 3.49. The number of rotatable bonds is 6. The van der Waals surface area contributed by atoms with Crippen molar-refractivity contribution in [1.82, 2.24) is 4.57 Å². The number of benzene rings is 1. The lowest BCUT2D eigenvalue weighted by Crippen LogP contribution is -2.26. The second kappa shape index (κ2) is 7.72. The van der Waals surface area contributed by atoms with Crippen molar-refractivity contribution in [3.05, 3.63) is 30.0 Å². The molecule has 5 heteroatoms. The van der Waals surface area contributed by atoms with Gasteiger partial charge >= 0.3 is 5.97 Å². The Kier molecular flexibility index (Phi) is 5.41. The zero-order valence-electron chi connectivity index (χ0n) is 14.9. The lowest BCUT2D eigenvalue weighted by molar-refractivity contribution is -0.153. The van der Waals surface area contributed by atoms with Crippen LogP contribution in [0.5, 0.6) is 5.75 Å². The van der Waals surface area contributed by atoms with E-state index in [9.17, 15) is 9.59 Å². The monoisotopic (exact) mass is 343 g/mol. The summed E-state index contributed by atoms with van der Waals surface area (Å²) in [4.78, 5) is 24.0. The molecule has 1 heterocycles. The van der Waals surface area contributed by atoms with E-state index in [0.717, 1.165) is 42.9 Å². The highest BCUT2D eigenvalue weighted by molar-refractivity contribution is 5.99. The molecule has 0 spiro atoms. The van der Waals surface area contributed by atoms with Crippen LogP contribution in [0.2, 0.25) is 0 Å². The van der Waals surface area contributed by atoms with Gasteiger partial charge in [-0.1, -0.05) is 6.42 Å². The molecule has 5 nitrogen and oxygen atoms in total. The van der Waals surface area contributed by atoms with Crippen LogP contribution in [0.25, 0.3) is 10.9 Å². The van der Waals surface area contributed by atoms with Crippen LogP contribution in [-0.4, -0.2) is 29.5 Å². The van der Waals surface area contributed by atoms with E-state index in [-0.39, 0.29) is 12.1 Å². The first-order valence-electron chi connectivity index (χ1n) is 9.07. The Morgan fingerprint density at radius 2 is 2.08 bits per heavy atom. The van der Waals surface area contributed by atoms with E-state index in [2.05, 4.69) is 0 Å². The summed E-state index contributed by atoms with van der Waals surface area (Å²) in [5, 5.41) is 0.790. The van der Waals surface area contributed by atoms with Crippen molar-refractivity contribution in [2.24, 2.45) is 0 Å². The summed E-state index contributed by atoms with van der Waals surface area (Å²) in [5.41, 5.74) is 1.38. The zero-order valence-corrected chi connectivity index (χ0v) is 14.9. The molecule has 1 atom stereocenters. The lowest BCUT2D eigenvalue weighted by Gasteiger charge is -2.24. The van der Waals surface area contributed by atoms with Gasteiger partial charge in [0, 0.05) is 22.7 Å². The van der Waals surface area contributed by atoms with Gasteiger partial charge in [-0.15, -0.1) is 0 Å². The van der Waals surface area contributed by atoms with Gasteiger partial charge in [0.2, 0.25) is 0 Å². The molecular weight excluding hydrogens is 318 g/mol. The Hall–Kier alpha value is -2.30. The van der Waals surface area contributed by atoms with Crippen molar-refractivity contribution < 1.29 is 19.1 Å². The van der Waals surface area contributed by atoms with Gasteiger partial charge in [-0.2, -0.15) is 0 Å². The van der Waals surface area contributed by atoms with Gasteiger partial charge in [-0.25, -0.2) is 4.79 Å². The normalized spacial score (nSPS) is 16.6. The molecule has 1 unspecified atom stereocenters. The molecule has 134 valence electrons. The van der Waals surface area contributed by atoms with Gasteiger partial charge < -0.3 is 14.0 Å². The van der Waals surface area contributed by atoms with E-state index in [1.54, 1.807) is 6.20 Å². The molecular formula is C20H25NO4. The van der Waals surface area contributed by atoms with Gasteiger partial charge in [0.05, 0.1) is 6.61 Å². The van der Waals surface area contributed by atoms with Gasteiger partial charge in [-0.05, 0) is 57.7 Å².